The largest absolute Gasteiger partial charge is 0.342 e. The molecular formula is C23H34N4O. The van der Waals surface area contributed by atoms with E-state index < -0.39 is 0 Å². The van der Waals surface area contributed by atoms with Gasteiger partial charge in [0.1, 0.15) is 5.82 Å². The lowest BCUT2D eigenvalue weighted by atomic mass is 9.95. The molecule has 1 aromatic carbocycles. The van der Waals surface area contributed by atoms with Crippen molar-refractivity contribution < 1.29 is 4.79 Å². The van der Waals surface area contributed by atoms with Crippen LogP contribution in [0.3, 0.4) is 0 Å². The van der Waals surface area contributed by atoms with Gasteiger partial charge in [0, 0.05) is 18.0 Å². The molecule has 0 unspecified atom stereocenters. The minimum absolute atomic E-state index is 0.313. The lowest BCUT2D eigenvalue weighted by Crippen LogP contribution is -2.51. The number of likely N-dealkylation sites (tertiary alicyclic amines) is 2. The van der Waals surface area contributed by atoms with Crippen LogP contribution in [0.5, 0.6) is 0 Å². The average Bonchev–Trinajstić information content (AvgIpc) is 3.05. The summed E-state index contributed by atoms with van der Waals surface area (Å²) in [6.07, 6.45) is 5.66. The molecule has 28 heavy (non-hydrogen) atoms. The number of hydrogen-bond donors (Lipinski definition) is 1. The van der Waals surface area contributed by atoms with Crippen LogP contribution in [0.2, 0.25) is 0 Å². The van der Waals surface area contributed by atoms with Crippen molar-refractivity contribution in [2.45, 2.75) is 77.8 Å². The van der Waals surface area contributed by atoms with Gasteiger partial charge in [-0.25, -0.2) is 4.98 Å². The van der Waals surface area contributed by atoms with E-state index in [2.05, 4.69) is 54.6 Å². The number of H-pyrrole nitrogens is 1. The number of rotatable bonds is 3. The number of amides is 1. The van der Waals surface area contributed by atoms with Gasteiger partial charge in [0.25, 0.3) is 0 Å². The molecule has 0 saturated carbocycles. The summed E-state index contributed by atoms with van der Waals surface area (Å²) < 4.78 is 0. The summed E-state index contributed by atoms with van der Waals surface area (Å²) in [4.78, 5) is 25.8. The molecule has 2 atom stereocenters. The molecule has 2 aliphatic heterocycles. The molecule has 2 aliphatic rings. The van der Waals surface area contributed by atoms with Crippen molar-refractivity contribution in [2.75, 3.05) is 19.6 Å². The molecule has 0 radical (unpaired) electrons. The predicted octanol–water partition coefficient (Wildman–Crippen LogP) is 4.15. The first kappa shape index (κ1) is 19.4. The first-order valence-corrected chi connectivity index (χ1v) is 10.9. The third kappa shape index (κ3) is 3.82. The minimum Gasteiger partial charge on any atom is -0.342 e. The second-order valence-electron chi connectivity index (χ2n) is 9.06. The van der Waals surface area contributed by atoms with Crippen molar-refractivity contribution in [1.82, 2.24) is 19.8 Å². The van der Waals surface area contributed by atoms with Gasteiger partial charge in [-0.2, -0.15) is 0 Å². The van der Waals surface area contributed by atoms with Crippen LogP contribution in [0.1, 0.15) is 68.8 Å². The van der Waals surface area contributed by atoms with Crippen molar-refractivity contribution in [3.63, 3.8) is 0 Å². The molecule has 1 amide bonds. The first-order valence-electron chi connectivity index (χ1n) is 10.9. The Labute approximate surface area is 168 Å². The summed E-state index contributed by atoms with van der Waals surface area (Å²) in [5.74, 6) is 1.89. The summed E-state index contributed by atoms with van der Waals surface area (Å²) in [5.41, 5.74) is 4.81. The van der Waals surface area contributed by atoms with Gasteiger partial charge in [0.15, 0.2) is 0 Å². The standard InChI is InChI=1S/C23H34N4O/c1-15-12-20-21(13-16(15)2)25-23(24-20)19-8-10-26(11-9-19)14-22(28)27-17(3)6-5-7-18(27)4/h12-13,17-19H,5-11,14H2,1-4H3,(H,24,25)/t17-,18+. The number of aromatic nitrogens is 2. The zero-order valence-electron chi connectivity index (χ0n) is 17.8. The molecular weight excluding hydrogens is 348 g/mol. The van der Waals surface area contributed by atoms with Crippen LogP contribution in [-0.4, -0.2) is 57.4 Å². The van der Waals surface area contributed by atoms with Crippen molar-refractivity contribution in [1.29, 1.82) is 0 Å². The van der Waals surface area contributed by atoms with Gasteiger partial charge in [0.05, 0.1) is 17.6 Å². The maximum atomic E-state index is 12.9. The summed E-state index contributed by atoms with van der Waals surface area (Å²) in [7, 11) is 0. The quantitative estimate of drug-likeness (QED) is 0.868. The number of piperidine rings is 2. The fraction of sp³-hybridized carbons (Fsp3) is 0.652. The van der Waals surface area contributed by atoms with Crippen molar-refractivity contribution in [2.24, 2.45) is 0 Å². The van der Waals surface area contributed by atoms with Gasteiger partial charge < -0.3 is 9.88 Å². The highest BCUT2D eigenvalue weighted by Gasteiger charge is 2.31. The van der Waals surface area contributed by atoms with Crippen LogP contribution in [0.25, 0.3) is 11.0 Å². The van der Waals surface area contributed by atoms with E-state index in [1.807, 2.05) is 0 Å². The van der Waals surface area contributed by atoms with E-state index in [1.165, 1.54) is 17.5 Å². The van der Waals surface area contributed by atoms with Crippen LogP contribution in [0.15, 0.2) is 12.1 Å². The van der Waals surface area contributed by atoms with Crippen molar-refractivity contribution in [3.05, 3.63) is 29.1 Å². The highest BCUT2D eigenvalue weighted by Crippen LogP contribution is 2.29. The highest BCUT2D eigenvalue weighted by atomic mass is 16.2. The van der Waals surface area contributed by atoms with Gasteiger partial charge in [-0.15, -0.1) is 0 Å². The van der Waals surface area contributed by atoms with E-state index in [0.29, 0.717) is 30.5 Å². The monoisotopic (exact) mass is 382 g/mol. The fourth-order valence-electron chi connectivity index (χ4n) is 5.03. The molecule has 0 spiro atoms. The van der Waals surface area contributed by atoms with E-state index in [-0.39, 0.29) is 0 Å². The highest BCUT2D eigenvalue weighted by molar-refractivity contribution is 5.79. The van der Waals surface area contributed by atoms with E-state index in [9.17, 15) is 4.79 Å². The Hall–Kier alpha value is -1.88. The summed E-state index contributed by atoms with van der Waals surface area (Å²) in [6.45, 7) is 11.2. The number of benzene rings is 1. The maximum absolute atomic E-state index is 12.9. The summed E-state index contributed by atoms with van der Waals surface area (Å²) in [5, 5.41) is 0. The Balaban J connectivity index is 1.36. The van der Waals surface area contributed by atoms with E-state index in [4.69, 9.17) is 4.98 Å². The fourth-order valence-corrected chi connectivity index (χ4v) is 5.03. The second-order valence-corrected chi connectivity index (χ2v) is 9.06. The Bertz CT molecular complexity index is 801. The number of nitrogens with one attached hydrogen (secondary N) is 1. The van der Waals surface area contributed by atoms with Gasteiger partial charge >= 0.3 is 0 Å². The molecule has 5 nitrogen and oxygen atoms in total. The van der Waals surface area contributed by atoms with Gasteiger partial charge in [0.2, 0.25) is 5.91 Å². The Morgan fingerprint density at radius 3 is 2.39 bits per heavy atom. The van der Waals surface area contributed by atoms with Gasteiger partial charge in [-0.1, -0.05) is 0 Å². The number of aryl methyl sites for hydroxylation is 2. The van der Waals surface area contributed by atoms with Gasteiger partial charge in [-0.3, -0.25) is 9.69 Å². The number of carbonyl (C=O) groups excluding carboxylic acids is 1. The normalized spacial score (nSPS) is 24.8. The van der Waals surface area contributed by atoms with E-state index >= 15 is 0 Å². The third-order valence-corrected chi connectivity index (χ3v) is 6.93. The van der Waals surface area contributed by atoms with Crippen molar-refractivity contribution >= 4 is 16.9 Å². The van der Waals surface area contributed by atoms with E-state index in [1.54, 1.807) is 0 Å². The molecule has 1 N–H and O–H groups in total. The zero-order valence-corrected chi connectivity index (χ0v) is 17.8. The topological polar surface area (TPSA) is 52.2 Å². The van der Waals surface area contributed by atoms with Gasteiger partial charge in [-0.05, 0) is 96.1 Å². The molecule has 0 aliphatic carbocycles. The minimum atomic E-state index is 0.313. The summed E-state index contributed by atoms with van der Waals surface area (Å²) in [6, 6.07) is 5.16. The average molecular weight is 383 g/mol. The smallest absolute Gasteiger partial charge is 0.237 e. The molecule has 1 aromatic heterocycles. The van der Waals surface area contributed by atoms with Crippen molar-refractivity contribution in [3.8, 4) is 0 Å². The van der Waals surface area contributed by atoms with Crippen LogP contribution in [-0.2, 0) is 4.79 Å². The zero-order chi connectivity index (χ0) is 19.8. The Kier molecular flexibility index (Phi) is 5.46. The summed E-state index contributed by atoms with van der Waals surface area (Å²) >= 11 is 0. The van der Waals surface area contributed by atoms with Crippen LogP contribution in [0, 0.1) is 13.8 Å². The molecule has 152 valence electrons. The molecule has 5 heteroatoms. The molecule has 2 saturated heterocycles. The molecule has 0 bridgehead atoms. The molecule has 4 rings (SSSR count). The lowest BCUT2D eigenvalue weighted by Gasteiger charge is -2.41. The molecule has 2 fully saturated rings. The Morgan fingerprint density at radius 2 is 1.71 bits per heavy atom. The maximum Gasteiger partial charge on any atom is 0.237 e. The van der Waals surface area contributed by atoms with Crippen LogP contribution in [0.4, 0.5) is 0 Å². The number of nitrogens with zero attached hydrogens (tertiary/aromatic N) is 3. The third-order valence-electron chi connectivity index (χ3n) is 6.93. The number of hydrogen-bond acceptors (Lipinski definition) is 3. The first-order chi connectivity index (χ1) is 13.4. The number of aromatic amines is 1. The lowest BCUT2D eigenvalue weighted by molar-refractivity contribution is -0.138. The van der Waals surface area contributed by atoms with E-state index in [0.717, 1.165) is 55.6 Å². The number of carbonyl (C=O) groups is 1. The molecule has 2 aromatic rings. The number of imidazole rings is 1. The van der Waals surface area contributed by atoms with Crippen LogP contribution < -0.4 is 0 Å². The molecule has 3 heterocycles. The second kappa shape index (κ2) is 7.86. The van der Waals surface area contributed by atoms with Crippen LogP contribution >= 0.6 is 0 Å². The number of fused-ring (bicyclic) bond motifs is 1. The predicted molar refractivity (Wildman–Crippen MR) is 114 cm³/mol. The Morgan fingerprint density at radius 1 is 1.07 bits per heavy atom. The SMILES string of the molecule is Cc1cc2nc(C3CCN(CC(=O)N4[C@H](C)CCC[C@@H]4C)CC3)[nH]c2cc1C.